The highest BCUT2D eigenvalue weighted by Gasteiger charge is 2.53. The standard InChI is InChI=1S/C21H30N2O2/c1-19(2)11-20(3,4)18(19)23-17(24)14-5-7-15(8-6-14)25-16-9-21(10-16)12-22-13-21/h5-8,16,18,22H,9-13H2,1-4H3,(H,23,24). The predicted octanol–water partition coefficient (Wildman–Crippen LogP) is 3.37. The van der Waals surface area contributed by atoms with Gasteiger partial charge in [0.1, 0.15) is 5.75 Å². The molecule has 1 aromatic carbocycles. The van der Waals surface area contributed by atoms with Crippen LogP contribution in [-0.4, -0.2) is 31.1 Å². The normalized spacial score (nSPS) is 28.4. The minimum atomic E-state index is 0.0144. The van der Waals surface area contributed by atoms with Crippen molar-refractivity contribution in [1.82, 2.24) is 10.6 Å². The van der Waals surface area contributed by atoms with Crippen molar-refractivity contribution < 1.29 is 9.53 Å². The Kier molecular flexibility index (Phi) is 3.70. The zero-order valence-electron chi connectivity index (χ0n) is 15.8. The van der Waals surface area contributed by atoms with Gasteiger partial charge in [0.25, 0.3) is 5.91 Å². The summed E-state index contributed by atoms with van der Waals surface area (Å²) in [5.74, 6) is 0.883. The average molecular weight is 342 g/mol. The molecule has 136 valence electrons. The maximum Gasteiger partial charge on any atom is 0.251 e. The van der Waals surface area contributed by atoms with Crippen molar-refractivity contribution in [2.24, 2.45) is 16.2 Å². The molecule has 0 bridgehead atoms. The number of hydrogen-bond acceptors (Lipinski definition) is 3. The number of amides is 1. The molecule has 1 spiro atoms. The Labute approximate surface area is 150 Å². The van der Waals surface area contributed by atoms with Gasteiger partial charge in [-0.05, 0) is 54.4 Å². The molecule has 2 aliphatic carbocycles. The molecule has 0 radical (unpaired) electrons. The minimum absolute atomic E-state index is 0.0144. The number of nitrogens with one attached hydrogen (secondary N) is 2. The summed E-state index contributed by atoms with van der Waals surface area (Å²) < 4.78 is 6.04. The van der Waals surface area contributed by atoms with Gasteiger partial charge in [-0.25, -0.2) is 0 Å². The van der Waals surface area contributed by atoms with Crippen LogP contribution in [0.4, 0.5) is 0 Å². The Morgan fingerprint density at radius 1 is 1.08 bits per heavy atom. The molecule has 1 aromatic rings. The molecule has 1 amide bonds. The number of rotatable bonds is 4. The van der Waals surface area contributed by atoms with Gasteiger partial charge >= 0.3 is 0 Å². The first-order chi connectivity index (χ1) is 11.7. The van der Waals surface area contributed by atoms with Gasteiger partial charge < -0.3 is 15.4 Å². The topological polar surface area (TPSA) is 50.4 Å². The van der Waals surface area contributed by atoms with Crippen molar-refractivity contribution in [2.45, 2.75) is 59.1 Å². The van der Waals surface area contributed by atoms with E-state index in [1.165, 1.54) is 0 Å². The van der Waals surface area contributed by atoms with Crippen LogP contribution in [0.3, 0.4) is 0 Å². The van der Waals surface area contributed by atoms with E-state index in [1.54, 1.807) is 0 Å². The molecule has 4 heteroatoms. The quantitative estimate of drug-likeness (QED) is 0.882. The van der Waals surface area contributed by atoms with Crippen molar-refractivity contribution in [3.63, 3.8) is 0 Å². The van der Waals surface area contributed by atoms with Gasteiger partial charge in [0, 0.05) is 30.1 Å². The van der Waals surface area contributed by atoms with Crippen LogP contribution in [0.1, 0.15) is 57.3 Å². The van der Waals surface area contributed by atoms with Crippen LogP contribution >= 0.6 is 0 Å². The molecule has 4 nitrogen and oxygen atoms in total. The monoisotopic (exact) mass is 342 g/mol. The van der Waals surface area contributed by atoms with Gasteiger partial charge in [0.15, 0.2) is 0 Å². The summed E-state index contributed by atoms with van der Waals surface area (Å²) in [5, 5.41) is 6.58. The number of benzene rings is 1. The Morgan fingerprint density at radius 2 is 1.68 bits per heavy atom. The first-order valence-electron chi connectivity index (χ1n) is 9.48. The lowest BCUT2D eigenvalue weighted by Crippen LogP contribution is -2.63. The molecule has 1 saturated heterocycles. The Balaban J connectivity index is 1.33. The Morgan fingerprint density at radius 3 is 2.16 bits per heavy atom. The molecule has 2 saturated carbocycles. The van der Waals surface area contributed by atoms with E-state index >= 15 is 0 Å². The molecule has 1 aliphatic heterocycles. The molecule has 3 aliphatic rings. The lowest BCUT2D eigenvalue weighted by atomic mass is 9.52. The number of carbonyl (C=O) groups is 1. The van der Waals surface area contributed by atoms with Crippen LogP contribution in [-0.2, 0) is 0 Å². The highest BCUT2D eigenvalue weighted by molar-refractivity contribution is 5.94. The fraction of sp³-hybridized carbons (Fsp3) is 0.667. The van der Waals surface area contributed by atoms with E-state index < -0.39 is 0 Å². The SMILES string of the molecule is CC1(C)CC(C)(C)C1NC(=O)c1ccc(OC2CC3(CNC3)C2)cc1. The third-order valence-electron chi connectivity index (χ3n) is 6.49. The summed E-state index contributed by atoms with van der Waals surface area (Å²) in [6.07, 6.45) is 3.76. The average Bonchev–Trinajstić information content (AvgIpc) is 2.45. The van der Waals surface area contributed by atoms with Crippen molar-refractivity contribution in [1.29, 1.82) is 0 Å². The molecule has 0 atom stereocenters. The zero-order chi connectivity index (χ0) is 17.9. The first kappa shape index (κ1) is 16.9. The highest BCUT2D eigenvalue weighted by atomic mass is 16.5. The summed E-state index contributed by atoms with van der Waals surface area (Å²) >= 11 is 0. The molecular formula is C21H30N2O2. The van der Waals surface area contributed by atoms with Crippen LogP contribution in [0, 0.1) is 16.2 Å². The zero-order valence-corrected chi connectivity index (χ0v) is 15.8. The molecule has 2 N–H and O–H groups in total. The molecule has 0 unspecified atom stereocenters. The third-order valence-corrected chi connectivity index (χ3v) is 6.49. The van der Waals surface area contributed by atoms with E-state index in [9.17, 15) is 4.79 Å². The highest BCUT2D eigenvalue weighted by Crippen LogP contribution is 2.53. The molecule has 0 aromatic heterocycles. The number of hydrogen-bond donors (Lipinski definition) is 2. The van der Waals surface area contributed by atoms with Gasteiger partial charge in [-0.1, -0.05) is 27.7 Å². The van der Waals surface area contributed by atoms with Gasteiger partial charge in [-0.2, -0.15) is 0 Å². The second-order valence-corrected chi connectivity index (χ2v) is 9.84. The molecule has 3 fully saturated rings. The number of ether oxygens (including phenoxy) is 1. The molecule has 25 heavy (non-hydrogen) atoms. The molecule has 1 heterocycles. The van der Waals surface area contributed by atoms with E-state index in [0.29, 0.717) is 17.1 Å². The third kappa shape index (κ3) is 2.95. The first-order valence-corrected chi connectivity index (χ1v) is 9.48. The van der Waals surface area contributed by atoms with Crippen LogP contribution in [0.25, 0.3) is 0 Å². The minimum Gasteiger partial charge on any atom is -0.490 e. The van der Waals surface area contributed by atoms with Crippen LogP contribution in [0.15, 0.2) is 24.3 Å². The van der Waals surface area contributed by atoms with E-state index in [0.717, 1.165) is 38.1 Å². The van der Waals surface area contributed by atoms with Gasteiger partial charge in [0.05, 0.1) is 6.10 Å². The van der Waals surface area contributed by atoms with E-state index in [1.807, 2.05) is 24.3 Å². The summed E-state index contributed by atoms with van der Waals surface area (Å²) in [6.45, 7) is 11.2. The molecular weight excluding hydrogens is 312 g/mol. The van der Waals surface area contributed by atoms with Gasteiger partial charge in [-0.15, -0.1) is 0 Å². The lowest BCUT2D eigenvalue weighted by Gasteiger charge is -2.57. The van der Waals surface area contributed by atoms with Crippen molar-refractivity contribution in [2.75, 3.05) is 13.1 Å². The van der Waals surface area contributed by atoms with E-state index in [2.05, 4.69) is 38.3 Å². The van der Waals surface area contributed by atoms with Crippen LogP contribution in [0.5, 0.6) is 5.75 Å². The maximum atomic E-state index is 12.6. The Bertz CT molecular complexity index is 652. The second kappa shape index (κ2) is 5.47. The number of carbonyl (C=O) groups excluding carboxylic acids is 1. The summed E-state index contributed by atoms with van der Waals surface area (Å²) in [7, 11) is 0. The summed E-state index contributed by atoms with van der Waals surface area (Å²) in [6, 6.07) is 7.82. The smallest absolute Gasteiger partial charge is 0.251 e. The lowest BCUT2D eigenvalue weighted by molar-refractivity contribution is -0.0495. The van der Waals surface area contributed by atoms with Crippen molar-refractivity contribution in [3.8, 4) is 5.75 Å². The predicted molar refractivity (Wildman–Crippen MR) is 98.8 cm³/mol. The van der Waals surface area contributed by atoms with Crippen LogP contribution in [0.2, 0.25) is 0 Å². The van der Waals surface area contributed by atoms with Gasteiger partial charge in [-0.3, -0.25) is 4.79 Å². The second-order valence-electron chi connectivity index (χ2n) is 9.84. The van der Waals surface area contributed by atoms with E-state index in [4.69, 9.17) is 4.74 Å². The fourth-order valence-corrected chi connectivity index (χ4v) is 5.54. The van der Waals surface area contributed by atoms with Gasteiger partial charge in [0.2, 0.25) is 0 Å². The van der Waals surface area contributed by atoms with E-state index in [-0.39, 0.29) is 22.8 Å². The largest absolute Gasteiger partial charge is 0.490 e. The summed E-state index contributed by atoms with van der Waals surface area (Å²) in [5.41, 5.74) is 1.56. The fourth-order valence-electron chi connectivity index (χ4n) is 5.54. The maximum absolute atomic E-state index is 12.6. The summed E-state index contributed by atoms with van der Waals surface area (Å²) in [4.78, 5) is 12.6. The van der Waals surface area contributed by atoms with Crippen molar-refractivity contribution in [3.05, 3.63) is 29.8 Å². The molecule has 4 rings (SSSR count). The van der Waals surface area contributed by atoms with Crippen LogP contribution < -0.4 is 15.4 Å². The van der Waals surface area contributed by atoms with Crippen molar-refractivity contribution >= 4 is 5.91 Å². The Hall–Kier alpha value is -1.55.